The fourth-order valence-corrected chi connectivity index (χ4v) is 3.56. The van der Waals surface area contributed by atoms with E-state index in [9.17, 15) is 9.59 Å². The van der Waals surface area contributed by atoms with Crippen molar-refractivity contribution >= 4 is 11.9 Å². The van der Waals surface area contributed by atoms with Gasteiger partial charge in [-0.1, -0.05) is 5.16 Å². The Balaban J connectivity index is 2.09. The summed E-state index contributed by atoms with van der Waals surface area (Å²) >= 11 is 0. The fourth-order valence-electron chi connectivity index (χ4n) is 3.56. The second kappa shape index (κ2) is 9.51. The third kappa shape index (κ3) is 4.47. The number of rotatable bonds is 7. The van der Waals surface area contributed by atoms with Crippen molar-refractivity contribution in [3.05, 3.63) is 58.6 Å². The Kier molecular flexibility index (Phi) is 6.79. The Bertz CT molecular complexity index is 993. The first-order chi connectivity index (χ1) is 14.9. The highest BCUT2D eigenvalue weighted by Crippen LogP contribution is 2.40. The first-order valence-electron chi connectivity index (χ1n) is 10.0. The molecule has 0 fully saturated rings. The lowest BCUT2D eigenvalue weighted by Crippen LogP contribution is -2.32. The van der Waals surface area contributed by atoms with E-state index >= 15 is 0 Å². The van der Waals surface area contributed by atoms with E-state index in [0.29, 0.717) is 22.8 Å². The second-order valence-corrected chi connectivity index (χ2v) is 6.92. The van der Waals surface area contributed by atoms with E-state index in [0.717, 1.165) is 11.3 Å². The summed E-state index contributed by atoms with van der Waals surface area (Å²) in [4.78, 5) is 25.6. The van der Waals surface area contributed by atoms with Gasteiger partial charge in [0.25, 0.3) is 0 Å². The van der Waals surface area contributed by atoms with Gasteiger partial charge in [0.1, 0.15) is 17.2 Å². The number of carbonyl (C=O) groups is 2. The molecule has 1 aromatic carbocycles. The molecule has 164 valence electrons. The van der Waals surface area contributed by atoms with Gasteiger partial charge >= 0.3 is 11.9 Å². The molecule has 1 aliphatic heterocycles. The van der Waals surface area contributed by atoms with Crippen molar-refractivity contribution in [3.63, 3.8) is 0 Å². The van der Waals surface area contributed by atoms with Gasteiger partial charge in [-0.15, -0.1) is 0 Å². The molecule has 8 nitrogen and oxygen atoms in total. The smallest absolute Gasteiger partial charge is 0.336 e. The summed E-state index contributed by atoms with van der Waals surface area (Å²) in [6.07, 6.45) is 0. The lowest BCUT2D eigenvalue weighted by molar-refractivity contribution is -0.139. The van der Waals surface area contributed by atoms with Crippen molar-refractivity contribution in [1.82, 2.24) is 10.5 Å². The van der Waals surface area contributed by atoms with Gasteiger partial charge in [-0.25, -0.2) is 9.59 Å². The molecular weight excluding hydrogens is 400 g/mol. The summed E-state index contributed by atoms with van der Waals surface area (Å²) in [5, 5.41) is 7.25. The third-order valence-electron chi connectivity index (χ3n) is 4.95. The average Bonchev–Trinajstić information content (AvgIpc) is 3.23. The average molecular weight is 426 g/mol. The van der Waals surface area contributed by atoms with E-state index in [-0.39, 0.29) is 24.4 Å². The quantitative estimate of drug-likeness (QED) is 0.669. The zero-order valence-electron chi connectivity index (χ0n) is 18.3. The maximum absolute atomic E-state index is 12.8. The molecule has 0 spiro atoms. The number of ether oxygens (including phenoxy) is 3. The Labute approximate surface area is 180 Å². The molecule has 0 atom stereocenters. The Hall–Kier alpha value is -3.55. The summed E-state index contributed by atoms with van der Waals surface area (Å²) in [7, 11) is 1.59. The minimum Gasteiger partial charge on any atom is -0.497 e. The molecule has 0 saturated carbocycles. The van der Waals surface area contributed by atoms with Crippen molar-refractivity contribution in [2.45, 2.75) is 33.6 Å². The minimum atomic E-state index is -0.807. The van der Waals surface area contributed by atoms with Crippen LogP contribution >= 0.6 is 0 Å². The molecule has 3 rings (SSSR count). The third-order valence-corrected chi connectivity index (χ3v) is 4.95. The first kappa shape index (κ1) is 22.1. The maximum atomic E-state index is 12.8. The van der Waals surface area contributed by atoms with Gasteiger partial charge in [-0.05, 0) is 52.0 Å². The fraction of sp³-hybridized carbons (Fsp3) is 0.348. The van der Waals surface area contributed by atoms with E-state index in [2.05, 4.69) is 10.5 Å². The number of nitrogens with one attached hydrogen (secondary N) is 1. The maximum Gasteiger partial charge on any atom is 0.336 e. The summed E-state index contributed by atoms with van der Waals surface area (Å²) in [6.45, 7) is 7.36. The van der Waals surface area contributed by atoms with Gasteiger partial charge < -0.3 is 24.1 Å². The van der Waals surface area contributed by atoms with Gasteiger partial charge in [0.2, 0.25) is 0 Å². The lowest BCUT2D eigenvalue weighted by Gasteiger charge is -2.28. The predicted molar refractivity (Wildman–Crippen MR) is 113 cm³/mol. The molecule has 1 aromatic heterocycles. The van der Waals surface area contributed by atoms with Crippen LogP contribution in [0.5, 0.6) is 5.75 Å². The molecule has 0 saturated heterocycles. The highest BCUT2D eigenvalue weighted by molar-refractivity contribution is 5.99. The number of nitrogens with zero attached hydrogens (tertiary/aromatic N) is 1. The number of methoxy groups -OCH3 is 1. The second-order valence-electron chi connectivity index (χ2n) is 6.92. The first-order valence-corrected chi connectivity index (χ1v) is 10.0. The molecule has 0 amide bonds. The van der Waals surface area contributed by atoms with Crippen molar-refractivity contribution in [3.8, 4) is 17.0 Å². The van der Waals surface area contributed by atoms with E-state index in [4.69, 9.17) is 18.7 Å². The highest BCUT2D eigenvalue weighted by atomic mass is 16.5. The summed E-state index contributed by atoms with van der Waals surface area (Å²) in [5.74, 6) is -0.809. The van der Waals surface area contributed by atoms with Gasteiger partial charge in [0.15, 0.2) is 0 Å². The zero-order chi connectivity index (χ0) is 22.5. The van der Waals surface area contributed by atoms with Crippen LogP contribution in [0, 0.1) is 0 Å². The number of hydrogen-bond acceptors (Lipinski definition) is 8. The molecule has 1 aliphatic rings. The van der Waals surface area contributed by atoms with Gasteiger partial charge in [0, 0.05) is 23.0 Å². The van der Waals surface area contributed by atoms with E-state index < -0.39 is 17.9 Å². The Morgan fingerprint density at radius 3 is 2.03 bits per heavy atom. The number of aromatic nitrogens is 1. The molecule has 1 N–H and O–H groups in total. The molecule has 0 bridgehead atoms. The van der Waals surface area contributed by atoms with Crippen LogP contribution in [0.25, 0.3) is 11.3 Å². The summed E-state index contributed by atoms with van der Waals surface area (Å²) in [6, 6.07) is 9.05. The summed E-state index contributed by atoms with van der Waals surface area (Å²) < 4.78 is 21.3. The number of carbonyl (C=O) groups excluding carboxylic acids is 2. The van der Waals surface area contributed by atoms with E-state index in [1.54, 1.807) is 40.9 Å². The van der Waals surface area contributed by atoms with Gasteiger partial charge in [-0.3, -0.25) is 0 Å². The summed E-state index contributed by atoms with van der Waals surface area (Å²) in [5.41, 5.74) is 3.10. The van der Waals surface area contributed by atoms with Gasteiger partial charge in [-0.2, -0.15) is 0 Å². The van der Waals surface area contributed by atoms with Crippen molar-refractivity contribution < 1.29 is 28.3 Å². The van der Waals surface area contributed by atoms with E-state index in [1.165, 1.54) is 0 Å². The van der Waals surface area contributed by atoms with Crippen LogP contribution in [0.15, 0.2) is 57.4 Å². The van der Waals surface area contributed by atoms with Crippen LogP contribution in [0.1, 0.15) is 39.4 Å². The molecule has 2 heterocycles. The Morgan fingerprint density at radius 1 is 1.00 bits per heavy atom. The molecule has 0 radical (unpaired) electrons. The lowest BCUT2D eigenvalue weighted by atomic mass is 9.83. The van der Waals surface area contributed by atoms with Crippen LogP contribution < -0.4 is 10.1 Å². The number of esters is 2. The topological polar surface area (TPSA) is 99.9 Å². The monoisotopic (exact) mass is 426 g/mol. The zero-order valence-corrected chi connectivity index (χ0v) is 18.3. The van der Waals surface area contributed by atoms with Crippen molar-refractivity contribution in [2.75, 3.05) is 20.3 Å². The van der Waals surface area contributed by atoms with Gasteiger partial charge in [0.05, 0.1) is 37.4 Å². The molecule has 31 heavy (non-hydrogen) atoms. The minimum absolute atomic E-state index is 0.202. The number of allylic oxidation sites excluding steroid dienone is 2. The van der Waals surface area contributed by atoms with Crippen LogP contribution in [-0.2, 0) is 19.1 Å². The molecule has 2 aromatic rings. The predicted octanol–water partition coefficient (Wildman–Crippen LogP) is 3.71. The molecule has 8 heteroatoms. The molecule has 0 aliphatic carbocycles. The molecular formula is C23H26N2O6. The highest BCUT2D eigenvalue weighted by Gasteiger charge is 2.40. The normalized spacial score (nSPS) is 14.4. The van der Waals surface area contributed by atoms with Crippen LogP contribution in [0.4, 0.5) is 0 Å². The van der Waals surface area contributed by atoms with E-state index in [1.807, 2.05) is 24.3 Å². The molecule has 0 unspecified atom stereocenters. The van der Waals surface area contributed by atoms with Crippen molar-refractivity contribution in [1.29, 1.82) is 0 Å². The standard InChI is InChI=1S/C23H26N2O6/c1-6-29-22(26)19-13(3)24-14(4)20(23(27)30-7-2)21(19)18-12-17(25-31-18)15-8-10-16(28-5)11-9-15/h8-12,21,24H,6-7H2,1-5H3. The number of dihydropyridines is 1. The number of benzene rings is 1. The number of hydrogen-bond donors (Lipinski definition) is 1. The largest absolute Gasteiger partial charge is 0.497 e. The van der Waals surface area contributed by atoms with Crippen LogP contribution in [-0.4, -0.2) is 37.4 Å². The Morgan fingerprint density at radius 2 is 1.55 bits per heavy atom. The van der Waals surface area contributed by atoms with Crippen LogP contribution in [0.3, 0.4) is 0 Å². The SMILES string of the molecule is CCOC(=O)C1=C(C)NC(C)=C(C(=O)OCC)C1c1cc(-c2ccc(OC)cc2)no1. The van der Waals surface area contributed by atoms with Crippen LogP contribution in [0.2, 0.25) is 0 Å². The van der Waals surface area contributed by atoms with Crippen molar-refractivity contribution in [2.24, 2.45) is 0 Å².